The highest BCUT2D eigenvalue weighted by Gasteiger charge is 2.29. The Balaban J connectivity index is 1.55. The largest absolute Gasteiger partial charge is 0.459 e. The highest BCUT2D eigenvalue weighted by atomic mass is 32.1. The van der Waals surface area contributed by atoms with Gasteiger partial charge in [-0.25, -0.2) is 23.1 Å². The maximum absolute atomic E-state index is 13.9. The Morgan fingerprint density at radius 2 is 1.95 bits per heavy atom. The Morgan fingerprint density at radius 1 is 1.19 bits per heavy atom. The van der Waals surface area contributed by atoms with E-state index in [1.165, 1.54) is 23.6 Å². The van der Waals surface area contributed by atoms with Crippen LogP contribution in [0.15, 0.2) is 42.6 Å². The number of thiophene rings is 1. The molecule has 0 radical (unpaired) electrons. The minimum atomic E-state index is -2.82. The molecule has 1 aromatic carbocycles. The van der Waals surface area contributed by atoms with E-state index in [0.717, 1.165) is 40.6 Å². The highest BCUT2D eigenvalue weighted by Crippen LogP contribution is 2.39. The molecule has 1 amide bonds. The molecule has 1 aliphatic rings. The van der Waals surface area contributed by atoms with E-state index in [2.05, 4.69) is 15.4 Å². The van der Waals surface area contributed by atoms with Crippen LogP contribution in [0, 0.1) is 0 Å². The van der Waals surface area contributed by atoms with E-state index in [1.54, 1.807) is 24.3 Å². The zero-order valence-corrected chi connectivity index (χ0v) is 21.3. The van der Waals surface area contributed by atoms with Gasteiger partial charge in [-0.1, -0.05) is 37.3 Å². The Labute approximate surface area is 216 Å². The SMILES string of the molecule is CC[C@H](C)OC(=O)c1c(NC(=O)c2cnn3c(C(F)F)cc(-c4ccccc4)nc23)sc2c1CCCC2. The van der Waals surface area contributed by atoms with Gasteiger partial charge in [0.2, 0.25) is 0 Å². The first kappa shape index (κ1) is 25.0. The monoisotopic (exact) mass is 524 g/mol. The van der Waals surface area contributed by atoms with Crippen LogP contribution in [0.4, 0.5) is 13.8 Å². The molecule has 10 heteroatoms. The number of esters is 1. The van der Waals surface area contributed by atoms with Crippen molar-refractivity contribution in [2.75, 3.05) is 5.32 Å². The van der Waals surface area contributed by atoms with Gasteiger partial charge in [0, 0.05) is 10.4 Å². The number of amides is 1. The fourth-order valence-electron chi connectivity index (χ4n) is 4.42. The number of rotatable bonds is 7. The number of hydrogen-bond donors (Lipinski definition) is 1. The maximum atomic E-state index is 13.9. The number of nitrogens with zero attached hydrogens (tertiary/aromatic N) is 3. The highest BCUT2D eigenvalue weighted by molar-refractivity contribution is 7.17. The molecule has 0 saturated carbocycles. The van der Waals surface area contributed by atoms with Crippen LogP contribution in [-0.4, -0.2) is 32.6 Å². The van der Waals surface area contributed by atoms with Gasteiger partial charge in [0.1, 0.15) is 16.3 Å². The molecule has 5 rings (SSSR count). The van der Waals surface area contributed by atoms with E-state index >= 15 is 0 Å². The van der Waals surface area contributed by atoms with Crippen molar-refractivity contribution in [2.45, 2.75) is 58.5 Å². The molecule has 4 aromatic rings. The van der Waals surface area contributed by atoms with Crippen LogP contribution >= 0.6 is 11.3 Å². The van der Waals surface area contributed by atoms with Gasteiger partial charge < -0.3 is 10.1 Å². The summed E-state index contributed by atoms with van der Waals surface area (Å²) in [5.74, 6) is -1.04. The molecule has 192 valence electrons. The molecule has 1 atom stereocenters. The van der Waals surface area contributed by atoms with Crippen molar-refractivity contribution in [3.05, 3.63) is 69.9 Å². The minimum absolute atomic E-state index is 0.0132. The van der Waals surface area contributed by atoms with Gasteiger partial charge in [0.25, 0.3) is 12.3 Å². The summed E-state index contributed by atoms with van der Waals surface area (Å²) in [5, 5.41) is 7.28. The Bertz CT molecular complexity index is 1470. The smallest absolute Gasteiger partial charge is 0.341 e. The first-order valence-electron chi connectivity index (χ1n) is 12.3. The molecule has 3 aromatic heterocycles. The quantitative estimate of drug-likeness (QED) is 0.280. The van der Waals surface area contributed by atoms with Crippen molar-refractivity contribution in [3.8, 4) is 11.3 Å². The van der Waals surface area contributed by atoms with E-state index in [0.29, 0.717) is 28.2 Å². The summed E-state index contributed by atoms with van der Waals surface area (Å²) in [6, 6.07) is 10.2. The van der Waals surface area contributed by atoms with Gasteiger partial charge in [-0.2, -0.15) is 5.10 Å². The molecular formula is C27H26F2N4O3S. The van der Waals surface area contributed by atoms with Crippen molar-refractivity contribution in [2.24, 2.45) is 0 Å². The molecule has 0 bridgehead atoms. The minimum Gasteiger partial charge on any atom is -0.459 e. The van der Waals surface area contributed by atoms with Crippen LogP contribution in [0.5, 0.6) is 0 Å². The van der Waals surface area contributed by atoms with Crippen LogP contribution in [0.3, 0.4) is 0 Å². The van der Waals surface area contributed by atoms with Gasteiger partial charge in [-0.15, -0.1) is 11.3 Å². The first-order valence-corrected chi connectivity index (χ1v) is 13.1. The standard InChI is InChI=1S/C27H26F2N4O3S/c1-3-15(2)36-27(35)22-17-11-7-8-12-21(17)37-26(22)32-25(34)18-14-30-33-20(23(28)29)13-19(31-24(18)33)16-9-5-4-6-10-16/h4-6,9-10,13-15,23H,3,7-8,11-12H2,1-2H3,(H,32,34)/t15-/m0/s1. The summed E-state index contributed by atoms with van der Waals surface area (Å²) >= 11 is 1.36. The number of halogens is 2. The molecule has 1 N–H and O–H groups in total. The summed E-state index contributed by atoms with van der Waals surface area (Å²) in [5.41, 5.74) is 1.93. The summed E-state index contributed by atoms with van der Waals surface area (Å²) in [6.07, 6.45) is 2.35. The number of fused-ring (bicyclic) bond motifs is 2. The molecule has 1 aliphatic carbocycles. The van der Waals surface area contributed by atoms with Gasteiger partial charge in [-0.05, 0) is 50.7 Å². The fraction of sp³-hybridized carbons (Fsp3) is 0.333. The molecule has 0 spiro atoms. The van der Waals surface area contributed by atoms with Crippen molar-refractivity contribution in [3.63, 3.8) is 0 Å². The average Bonchev–Trinajstić information content (AvgIpc) is 3.49. The van der Waals surface area contributed by atoms with Crippen LogP contribution < -0.4 is 5.32 Å². The Hall–Kier alpha value is -3.66. The zero-order chi connectivity index (χ0) is 26.1. The van der Waals surface area contributed by atoms with E-state index in [1.807, 2.05) is 19.9 Å². The third-order valence-electron chi connectivity index (χ3n) is 6.52. The number of aromatic nitrogens is 3. The number of hydrogen-bond acceptors (Lipinski definition) is 6. The first-order chi connectivity index (χ1) is 17.9. The number of carbonyl (C=O) groups is 2. The maximum Gasteiger partial charge on any atom is 0.341 e. The zero-order valence-electron chi connectivity index (χ0n) is 20.5. The van der Waals surface area contributed by atoms with Gasteiger partial charge in [0.15, 0.2) is 5.65 Å². The second-order valence-electron chi connectivity index (χ2n) is 9.02. The molecule has 3 heterocycles. The molecule has 0 fully saturated rings. The normalized spacial score (nSPS) is 14.0. The lowest BCUT2D eigenvalue weighted by atomic mass is 9.95. The Morgan fingerprint density at radius 3 is 2.68 bits per heavy atom. The van der Waals surface area contributed by atoms with Gasteiger partial charge in [-0.3, -0.25) is 4.79 Å². The van der Waals surface area contributed by atoms with Gasteiger partial charge in [0.05, 0.1) is 23.6 Å². The molecular weight excluding hydrogens is 498 g/mol. The summed E-state index contributed by atoms with van der Waals surface area (Å²) in [6.45, 7) is 3.75. The lowest BCUT2D eigenvalue weighted by molar-refractivity contribution is 0.0335. The predicted molar refractivity (Wildman–Crippen MR) is 137 cm³/mol. The number of benzene rings is 1. The third-order valence-corrected chi connectivity index (χ3v) is 7.73. The molecule has 0 unspecified atom stereocenters. The van der Waals surface area contributed by atoms with Crippen molar-refractivity contribution >= 4 is 33.9 Å². The molecule has 37 heavy (non-hydrogen) atoms. The van der Waals surface area contributed by atoms with Gasteiger partial charge >= 0.3 is 5.97 Å². The summed E-state index contributed by atoms with van der Waals surface area (Å²) < 4.78 is 34.4. The number of carbonyl (C=O) groups excluding carboxylic acids is 2. The molecule has 0 saturated heterocycles. The van der Waals surface area contributed by atoms with Crippen LogP contribution in [0.25, 0.3) is 16.9 Å². The number of ether oxygens (including phenoxy) is 1. The van der Waals surface area contributed by atoms with E-state index in [4.69, 9.17) is 4.74 Å². The average molecular weight is 525 g/mol. The number of alkyl halides is 2. The number of nitrogens with one attached hydrogen (secondary N) is 1. The molecule has 0 aliphatic heterocycles. The van der Waals surface area contributed by atoms with E-state index in [-0.39, 0.29) is 23.0 Å². The summed E-state index contributed by atoms with van der Waals surface area (Å²) in [7, 11) is 0. The predicted octanol–water partition coefficient (Wildman–Crippen LogP) is 6.48. The lowest BCUT2D eigenvalue weighted by Crippen LogP contribution is -2.19. The molecule has 7 nitrogen and oxygen atoms in total. The van der Waals surface area contributed by atoms with Crippen molar-refractivity contribution in [1.29, 1.82) is 0 Å². The topological polar surface area (TPSA) is 85.6 Å². The lowest BCUT2D eigenvalue weighted by Gasteiger charge is -2.15. The van der Waals surface area contributed by atoms with Crippen LogP contribution in [-0.2, 0) is 17.6 Å². The fourth-order valence-corrected chi connectivity index (χ4v) is 5.70. The van der Waals surface area contributed by atoms with Crippen molar-refractivity contribution < 1.29 is 23.1 Å². The second-order valence-corrected chi connectivity index (χ2v) is 10.1. The van der Waals surface area contributed by atoms with Crippen LogP contribution in [0.1, 0.15) is 76.4 Å². The number of aryl methyl sites for hydroxylation is 1. The van der Waals surface area contributed by atoms with E-state index in [9.17, 15) is 18.4 Å². The summed E-state index contributed by atoms with van der Waals surface area (Å²) in [4.78, 5) is 32.1. The number of anilines is 1. The Kier molecular flexibility index (Phi) is 7.01. The van der Waals surface area contributed by atoms with Crippen LogP contribution in [0.2, 0.25) is 0 Å². The van der Waals surface area contributed by atoms with E-state index < -0.39 is 18.3 Å². The van der Waals surface area contributed by atoms with Crippen molar-refractivity contribution in [1.82, 2.24) is 14.6 Å². The third kappa shape index (κ3) is 4.85. The second kappa shape index (κ2) is 10.4.